The van der Waals surface area contributed by atoms with E-state index in [2.05, 4.69) is 0 Å². The van der Waals surface area contributed by atoms with Gasteiger partial charge < -0.3 is 28.6 Å². The summed E-state index contributed by atoms with van der Waals surface area (Å²) in [6.45, 7) is 3.25. The SMILES string of the molecule is CC(=O)O[C@@H]1[C@H](OC(C)=O)[C@@H](n2cc(C(=O)C(=O)O)c3ccccc32)OC[C@H]1OC(C)=O. The van der Waals surface area contributed by atoms with E-state index in [0.29, 0.717) is 10.9 Å². The molecule has 11 heteroatoms. The van der Waals surface area contributed by atoms with E-state index in [1.54, 1.807) is 24.3 Å². The average molecular weight is 447 g/mol. The number of esters is 3. The number of ketones is 1. The van der Waals surface area contributed by atoms with Crippen molar-refractivity contribution >= 4 is 40.6 Å². The molecule has 32 heavy (non-hydrogen) atoms. The van der Waals surface area contributed by atoms with Crippen LogP contribution in [0.4, 0.5) is 0 Å². The molecule has 1 fully saturated rings. The first-order valence-electron chi connectivity index (χ1n) is 9.60. The van der Waals surface area contributed by atoms with Crippen molar-refractivity contribution in [3.8, 4) is 0 Å². The molecule has 1 saturated heterocycles. The number of ether oxygens (including phenoxy) is 4. The minimum atomic E-state index is -1.64. The molecular weight excluding hydrogens is 426 g/mol. The van der Waals surface area contributed by atoms with Crippen LogP contribution < -0.4 is 0 Å². The predicted molar refractivity (Wildman–Crippen MR) is 106 cm³/mol. The highest BCUT2D eigenvalue weighted by Gasteiger charge is 2.48. The molecule has 0 radical (unpaired) electrons. The molecule has 0 bridgehead atoms. The minimum absolute atomic E-state index is 0.0931. The Hall–Kier alpha value is -3.73. The second-order valence-corrected chi connectivity index (χ2v) is 7.12. The predicted octanol–water partition coefficient (Wildman–Crippen LogP) is 1.23. The van der Waals surface area contributed by atoms with Crippen molar-refractivity contribution in [2.45, 2.75) is 45.3 Å². The third-order valence-electron chi connectivity index (χ3n) is 4.78. The van der Waals surface area contributed by atoms with Gasteiger partial charge in [0.1, 0.15) is 0 Å². The van der Waals surface area contributed by atoms with Gasteiger partial charge in [0.15, 0.2) is 24.5 Å². The molecule has 1 aliphatic rings. The molecule has 0 unspecified atom stereocenters. The van der Waals surface area contributed by atoms with Crippen LogP contribution in [0.5, 0.6) is 0 Å². The lowest BCUT2D eigenvalue weighted by atomic mass is 10.0. The van der Waals surface area contributed by atoms with E-state index in [0.717, 1.165) is 13.8 Å². The van der Waals surface area contributed by atoms with Crippen LogP contribution in [0, 0.1) is 0 Å². The van der Waals surface area contributed by atoms with E-state index < -0.39 is 54.2 Å². The van der Waals surface area contributed by atoms with Crippen LogP contribution in [-0.2, 0) is 38.1 Å². The fourth-order valence-corrected chi connectivity index (χ4v) is 3.67. The molecular formula is C21H21NO10. The molecule has 0 aliphatic carbocycles. The number of fused-ring (bicyclic) bond motifs is 1. The number of carboxylic acid groups (broad SMARTS) is 1. The number of hydrogen-bond acceptors (Lipinski definition) is 9. The van der Waals surface area contributed by atoms with E-state index in [1.165, 1.54) is 17.7 Å². The first-order valence-corrected chi connectivity index (χ1v) is 9.60. The maximum absolute atomic E-state index is 12.2. The fourth-order valence-electron chi connectivity index (χ4n) is 3.67. The van der Waals surface area contributed by atoms with Crippen LogP contribution in [0.1, 0.15) is 37.4 Å². The molecule has 0 saturated carbocycles. The number of carboxylic acids is 1. The summed E-state index contributed by atoms with van der Waals surface area (Å²) in [7, 11) is 0. The molecule has 2 heterocycles. The van der Waals surface area contributed by atoms with E-state index in [1.807, 2.05) is 0 Å². The number of nitrogens with zero attached hydrogens (tertiary/aromatic N) is 1. The summed E-state index contributed by atoms with van der Waals surface area (Å²) in [6.07, 6.45) is -3.37. The van der Waals surface area contributed by atoms with Gasteiger partial charge in [0.25, 0.3) is 5.78 Å². The molecule has 0 spiro atoms. The van der Waals surface area contributed by atoms with E-state index >= 15 is 0 Å². The average Bonchev–Trinajstić information content (AvgIpc) is 3.08. The number of aliphatic carboxylic acids is 1. The summed E-state index contributed by atoms with van der Waals surface area (Å²) in [5.41, 5.74) is 0.330. The Balaban J connectivity index is 2.13. The molecule has 1 aromatic heterocycles. The lowest BCUT2D eigenvalue weighted by Gasteiger charge is -2.41. The molecule has 1 aliphatic heterocycles. The number of rotatable bonds is 6. The number of carbonyl (C=O) groups excluding carboxylic acids is 4. The summed E-state index contributed by atoms with van der Waals surface area (Å²) in [4.78, 5) is 58.6. The standard InChI is InChI=1S/C21H21NO10/c1-10(23)30-16-9-29-20(19(32-12(3)25)18(16)31-11(2)24)22-8-14(17(26)21(27)28)13-6-4-5-7-15(13)22/h4-8,16,18-20H,9H2,1-3H3,(H,27,28)/t16-,18+,19+,20+/m1/s1. The van der Waals surface area contributed by atoms with Crippen LogP contribution in [0.25, 0.3) is 10.9 Å². The maximum Gasteiger partial charge on any atom is 0.377 e. The molecule has 170 valence electrons. The fraction of sp³-hybridized carbons (Fsp3) is 0.381. The highest BCUT2D eigenvalue weighted by atomic mass is 16.6. The highest BCUT2D eigenvalue weighted by molar-refractivity contribution is 6.42. The number of carbonyl (C=O) groups is 5. The molecule has 0 amide bonds. The smallest absolute Gasteiger partial charge is 0.377 e. The van der Waals surface area contributed by atoms with Gasteiger partial charge in [-0.2, -0.15) is 0 Å². The van der Waals surface area contributed by atoms with Gasteiger partial charge in [-0.1, -0.05) is 18.2 Å². The van der Waals surface area contributed by atoms with Gasteiger partial charge in [-0.25, -0.2) is 4.79 Å². The topological polar surface area (TPSA) is 147 Å². The Kier molecular flexibility index (Phi) is 6.58. The Morgan fingerprint density at radius 2 is 1.53 bits per heavy atom. The van der Waals surface area contributed by atoms with Crippen molar-refractivity contribution in [3.63, 3.8) is 0 Å². The van der Waals surface area contributed by atoms with Crippen molar-refractivity contribution in [2.24, 2.45) is 0 Å². The van der Waals surface area contributed by atoms with E-state index in [9.17, 15) is 29.1 Å². The third kappa shape index (κ3) is 4.62. The summed E-state index contributed by atoms with van der Waals surface area (Å²) < 4.78 is 23.2. The van der Waals surface area contributed by atoms with E-state index in [-0.39, 0.29) is 12.2 Å². The van der Waals surface area contributed by atoms with Crippen LogP contribution in [0.15, 0.2) is 30.5 Å². The molecule has 1 aromatic carbocycles. The maximum atomic E-state index is 12.2. The van der Waals surface area contributed by atoms with Crippen molar-refractivity contribution in [1.29, 1.82) is 0 Å². The van der Waals surface area contributed by atoms with Crippen molar-refractivity contribution in [3.05, 3.63) is 36.0 Å². The third-order valence-corrected chi connectivity index (χ3v) is 4.78. The Bertz CT molecular complexity index is 1090. The van der Waals surface area contributed by atoms with Crippen LogP contribution in [0.3, 0.4) is 0 Å². The summed E-state index contributed by atoms with van der Waals surface area (Å²) in [5, 5.41) is 9.52. The van der Waals surface area contributed by atoms with Crippen LogP contribution in [-0.4, -0.2) is 64.3 Å². The van der Waals surface area contributed by atoms with Crippen LogP contribution >= 0.6 is 0 Å². The first kappa shape index (κ1) is 22.9. The number of Topliss-reactive ketones (excluding diaryl/α,β-unsaturated/α-hetero) is 1. The summed E-state index contributed by atoms with van der Waals surface area (Å²) in [6, 6.07) is 6.50. The molecule has 2 aromatic rings. The van der Waals surface area contributed by atoms with Gasteiger partial charge in [-0.15, -0.1) is 0 Å². The number of benzene rings is 1. The second-order valence-electron chi connectivity index (χ2n) is 7.12. The van der Waals surface area contributed by atoms with Crippen LogP contribution in [0.2, 0.25) is 0 Å². The summed E-state index contributed by atoms with van der Waals surface area (Å²) in [5.74, 6) is -4.85. The first-order chi connectivity index (χ1) is 15.1. The van der Waals surface area contributed by atoms with Gasteiger partial charge in [-0.05, 0) is 6.07 Å². The lowest BCUT2D eigenvalue weighted by molar-refractivity contribution is -0.239. The second kappa shape index (κ2) is 9.18. The number of aromatic nitrogens is 1. The largest absolute Gasteiger partial charge is 0.475 e. The van der Waals surface area contributed by atoms with Gasteiger partial charge in [-0.3, -0.25) is 19.2 Å². The number of para-hydroxylation sites is 1. The zero-order chi connectivity index (χ0) is 23.6. The quantitative estimate of drug-likeness (QED) is 0.297. The molecule has 1 N–H and O–H groups in total. The normalized spacial score (nSPS) is 22.7. The van der Waals surface area contributed by atoms with Gasteiger partial charge in [0, 0.05) is 32.4 Å². The van der Waals surface area contributed by atoms with Gasteiger partial charge in [0.2, 0.25) is 0 Å². The highest BCUT2D eigenvalue weighted by Crippen LogP contribution is 2.35. The Morgan fingerprint density at radius 3 is 2.12 bits per heavy atom. The monoisotopic (exact) mass is 447 g/mol. The van der Waals surface area contributed by atoms with Crippen molar-refractivity contribution in [1.82, 2.24) is 4.57 Å². The van der Waals surface area contributed by atoms with Crippen molar-refractivity contribution in [2.75, 3.05) is 6.61 Å². The zero-order valence-corrected chi connectivity index (χ0v) is 17.5. The minimum Gasteiger partial charge on any atom is -0.475 e. The Morgan fingerprint density at radius 1 is 0.938 bits per heavy atom. The van der Waals surface area contributed by atoms with Crippen molar-refractivity contribution < 1.29 is 48.0 Å². The van der Waals surface area contributed by atoms with Gasteiger partial charge >= 0.3 is 23.9 Å². The zero-order valence-electron chi connectivity index (χ0n) is 17.5. The van der Waals surface area contributed by atoms with E-state index in [4.69, 9.17) is 18.9 Å². The molecule has 3 rings (SSSR count). The summed E-state index contributed by atoms with van der Waals surface area (Å²) >= 11 is 0. The number of hydrogen-bond donors (Lipinski definition) is 1. The molecule has 11 nitrogen and oxygen atoms in total. The molecule has 4 atom stereocenters. The Labute approximate surface area is 181 Å². The lowest BCUT2D eigenvalue weighted by Crippen LogP contribution is -2.55. The van der Waals surface area contributed by atoms with Gasteiger partial charge in [0.05, 0.1) is 17.7 Å².